The van der Waals surface area contributed by atoms with E-state index < -0.39 is 25.2 Å². The van der Waals surface area contributed by atoms with E-state index in [9.17, 15) is 9.59 Å². The van der Waals surface area contributed by atoms with Crippen molar-refractivity contribution in [3.05, 3.63) is 82.4 Å². The summed E-state index contributed by atoms with van der Waals surface area (Å²) in [5.74, 6) is -0.733. The number of benzene rings is 3. The molecule has 6 rings (SSSR count). The first-order valence-electron chi connectivity index (χ1n) is 18.9. The van der Waals surface area contributed by atoms with Crippen molar-refractivity contribution >= 4 is 41.8 Å². The van der Waals surface area contributed by atoms with Crippen LogP contribution < -0.4 is 20.2 Å². The summed E-state index contributed by atoms with van der Waals surface area (Å²) in [7, 11) is -2.30. The molecule has 3 aromatic rings. The fraction of sp³-hybridized carbons (Fsp3) is 0.524. The van der Waals surface area contributed by atoms with Crippen LogP contribution in [0.5, 0.6) is 0 Å². The third-order valence-corrected chi connectivity index (χ3v) is 16.0. The fourth-order valence-electron chi connectivity index (χ4n) is 8.79. The standard InChI is InChI=1S/C42H56N2O4Si/c1-8-21-43(22-9-2)31-16-19-34-37(28-31)49(25-13-12-14-26-49)38-29-32(44(23-10-3)24-11-4)17-20-35(38)42(34)36-27-30(39(45)47-41(5,6)7)15-18-33(36)40(46)48-42/h15-20,27-29H,8-14,21-26H2,1-7H3. The van der Waals surface area contributed by atoms with Gasteiger partial charge < -0.3 is 19.3 Å². The minimum Gasteiger partial charge on any atom is -0.456 e. The van der Waals surface area contributed by atoms with Crippen molar-refractivity contribution in [2.24, 2.45) is 0 Å². The summed E-state index contributed by atoms with van der Waals surface area (Å²) in [5, 5.41) is 2.82. The zero-order valence-electron chi connectivity index (χ0n) is 30.9. The van der Waals surface area contributed by atoms with Gasteiger partial charge in [0.1, 0.15) is 13.7 Å². The lowest BCUT2D eigenvalue weighted by Gasteiger charge is -2.49. The molecule has 0 amide bonds. The van der Waals surface area contributed by atoms with Gasteiger partial charge in [0.05, 0.1) is 11.1 Å². The second-order valence-electron chi connectivity index (χ2n) is 15.4. The van der Waals surface area contributed by atoms with Crippen molar-refractivity contribution in [1.82, 2.24) is 0 Å². The quantitative estimate of drug-likeness (QED) is 0.150. The number of anilines is 2. The number of fused-ring (bicyclic) bond motifs is 8. The van der Waals surface area contributed by atoms with E-state index in [1.54, 1.807) is 12.1 Å². The maximum absolute atomic E-state index is 14.0. The molecule has 3 aromatic carbocycles. The monoisotopic (exact) mass is 680 g/mol. The van der Waals surface area contributed by atoms with E-state index in [1.807, 2.05) is 26.8 Å². The van der Waals surface area contributed by atoms with Gasteiger partial charge in [0, 0.05) is 54.2 Å². The van der Waals surface area contributed by atoms with Crippen molar-refractivity contribution in [2.45, 2.75) is 117 Å². The Kier molecular flexibility index (Phi) is 10.0. The normalized spacial score (nSPS) is 16.9. The van der Waals surface area contributed by atoms with Crippen molar-refractivity contribution < 1.29 is 19.1 Å². The summed E-state index contributed by atoms with van der Waals surface area (Å²) in [6, 6.07) is 21.8. The van der Waals surface area contributed by atoms with Gasteiger partial charge in [-0.1, -0.05) is 59.1 Å². The molecule has 3 heterocycles. The maximum Gasteiger partial charge on any atom is 0.340 e. The van der Waals surface area contributed by atoms with Crippen LogP contribution >= 0.6 is 0 Å². The lowest BCUT2D eigenvalue weighted by molar-refractivity contribution is 0.00692. The number of rotatable bonds is 11. The van der Waals surface area contributed by atoms with Gasteiger partial charge in [0.2, 0.25) is 0 Å². The Morgan fingerprint density at radius 1 is 0.735 bits per heavy atom. The summed E-state index contributed by atoms with van der Waals surface area (Å²) >= 11 is 0. The predicted molar refractivity (Wildman–Crippen MR) is 204 cm³/mol. The minimum absolute atomic E-state index is 0.339. The molecule has 3 aliphatic heterocycles. The Morgan fingerprint density at radius 3 is 1.71 bits per heavy atom. The van der Waals surface area contributed by atoms with Crippen LogP contribution in [-0.4, -0.2) is 51.8 Å². The molecular weight excluding hydrogens is 625 g/mol. The van der Waals surface area contributed by atoms with Crippen LogP contribution in [0.2, 0.25) is 12.1 Å². The molecule has 0 saturated carbocycles. The van der Waals surface area contributed by atoms with Gasteiger partial charge in [-0.05, 0) is 111 Å². The van der Waals surface area contributed by atoms with Gasteiger partial charge in [-0.2, -0.15) is 0 Å². The molecule has 0 aromatic heterocycles. The van der Waals surface area contributed by atoms with Crippen molar-refractivity contribution in [3.63, 3.8) is 0 Å². The highest BCUT2D eigenvalue weighted by molar-refractivity contribution is 7.03. The number of hydrogen-bond acceptors (Lipinski definition) is 6. The first-order valence-corrected chi connectivity index (χ1v) is 21.4. The summed E-state index contributed by atoms with van der Waals surface area (Å²) in [4.78, 5) is 32.5. The molecule has 1 fully saturated rings. The lowest BCUT2D eigenvalue weighted by atomic mass is 9.78. The number of hydrogen-bond donors (Lipinski definition) is 0. The predicted octanol–water partition coefficient (Wildman–Crippen LogP) is 8.42. The van der Waals surface area contributed by atoms with Crippen molar-refractivity contribution in [3.8, 4) is 0 Å². The number of esters is 2. The van der Waals surface area contributed by atoms with Gasteiger partial charge in [0.15, 0.2) is 5.60 Å². The number of nitrogens with zero attached hydrogens (tertiary/aromatic N) is 2. The third kappa shape index (κ3) is 6.21. The molecule has 0 bridgehead atoms. The molecule has 7 heteroatoms. The van der Waals surface area contributed by atoms with Crippen molar-refractivity contribution in [1.29, 1.82) is 0 Å². The molecule has 0 aliphatic carbocycles. The summed E-state index contributed by atoms with van der Waals surface area (Å²) < 4.78 is 12.6. The second-order valence-corrected chi connectivity index (χ2v) is 19.7. The topological polar surface area (TPSA) is 59.1 Å². The zero-order valence-corrected chi connectivity index (χ0v) is 31.9. The highest BCUT2D eigenvalue weighted by atomic mass is 28.3. The highest BCUT2D eigenvalue weighted by Crippen LogP contribution is 2.51. The SMILES string of the molecule is CCCN(CCC)c1ccc2c(c1)[Si]1(CCCCC1)c1cc(N(CCC)CCC)ccc1C21OC(=O)c2ccc(C(=O)OC(C)(C)C)cc21. The Bertz CT molecular complexity index is 1620. The zero-order chi connectivity index (χ0) is 35.0. The van der Waals surface area contributed by atoms with Gasteiger partial charge in [-0.25, -0.2) is 9.59 Å². The lowest BCUT2D eigenvalue weighted by Crippen LogP contribution is -2.67. The fourth-order valence-corrected chi connectivity index (χ4v) is 14.5. The largest absolute Gasteiger partial charge is 0.456 e. The Hall–Kier alpha value is -3.58. The molecule has 0 N–H and O–H groups in total. The Morgan fingerprint density at radius 2 is 1.24 bits per heavy atom. The van der Waals surface area contributed by atoms with Crippen LogP contribution in [0.15, 0.2) is 54.6 Å². The van der Waals surface area contributed by atoms with Gasteiger partial charge in [-0.3, -0.25) is 0 Å². The van der Waals surface area contributed by atoms with E-state index in [4.69, 9.17) is 9.47 Å². The number of carbonyl (C=O) groups excluding carboxylic acids is 2. The molecule has 2 spiro atoms. The number of carbonyl (C=O) groups is 2. The molecule has 0 radical (unpaired) electrons. The first-order chi connectivity index (χ1) is 23.5. The highest BCUT2D eigenvalue weighted by Gasteiger charge is 2.58. The Labute approximate surface area is 295 Å². The van der Waals surface area contributed by atoms with Crippen LogP contribution in [0.25, 0.3) is 0 Å². The van der Waals surface area contributed by atoms with E-state index in [1.165, 1.54) is 53.1 Å². The smallest absolute Gasteiger partial charge is 0.340 e. The van der Waals surface area contributed by atoms with Gasteiger partial charge in [-0.15, -0.1) is 0 Å². The molecular formula is C42H56N2O4Si. The van der Waals surface area contributed by atoms with Crippen LogP contribution in [0, 0.1) is 0 Å². The maximum atomic E-state index is 14.0. The van der Waals surface area contributed by atoms with Crippen molar-refractivity contribution in [2.75, 3.05) is 36.0 Å². The molecule has 0 atom stereocenters. The van der Waals surface area contributed by atoms with Crippen LogP contribution in [0.4, 0.5) is 11.4 Å². The average Bonchev–Trinajstić information content (AvgIpc) is 3.38. The van der Waals surface area contributed by atoms with E-state index in [0.29, 0.717) is 11.1 Å². The van der Waals surface area contributed by atoms with Crippen LogP contribution in [-0.2, 0) is 15.1 Å². The first kappa shape index (κ1) is 35.3. The average molecular weight is 681 g/mol. The van der Waals surface area contributed by atoms with Gasteiger partial charge in [0.25, 0.3) is 0 Å². The van der Waals surface area contributed by atoms with E-state index in [0.717, 1.165) is 68.6 Å². The summed E-state index contributed by atoms with van der Waals surface area (Å²) in [6.45, 7) is 18.7. The molecule has 6 nitrogen and oxygen atoms in total. The molecule has 3 aliphatic rings. The molecule has 1 saturated heterocycles. The summed E-state index contributed by atoms with van der Waals surface area (Å²) in [6.07, 6.45) is 8.02. The molecule has 49 heavy (non-hydrogen) atoms. The number of ether oxygens (including phenoxy) is 2. The minimum atomic E-state index is -2.30. The van der Waals surface area contributed by atoms with E-state index in [-0.39, 0.29) is 5.97 Å². The second kappa shape index (κ2) is 14.0. The van der Waals surface area contributed by atoms with E-state index >= 15 is 0 Å². The van der Waals surface area contributed by atoms with Gasteiger partial charge >= 0.3 is 11.9 Å². The molecule has 0 unspecified atom stereocenters. The third-order valence-electron chi connectivity index (χ3n) is 10.7. The Balaban J connectivity index is 1.66. The van der Waals surface area contributed by atoms with Crippen LogP contribution in [0.3, 0.4) is 0 Å². The van der Waals surface area contributed by atoms with E-state index in [2.05, 4.69) is 73.9 Å². The van der Waals surface area contributed by atoms with Crippen LogP contribution in [0.1, 0.15) is 131 Å². The summed E-state index contributed by atoms with van der Waals surface area (Å²) in [5.41, 5.74) is 4.64. The molecule has 262 valence electrons.